The molecule has 0 aliphatic carbocycles. The fourth-order valence-corrected chi connectivity index (χ4v) is 2.09. The molecule has 0 bridgehead atoms. The van der Waals surface area contributed by atoms with Crippen molar-refractivity contribution in [1.82, 2.24) is 4.90 Å². The summed E-state index contributed by atoms with van der Waals surface area (Å²) < 4.78 is 0. The number of carboxylic acids is 1. The monoisotopic (exact) mass is 217 g/mol. The van der Waals surface area contributed by atoms with E-state index >= 15 is 0 Å². The molecule has 5 nitrogen and oxygen atoms in total. The zero-order valence-electron chi connectivity index (χ0n) is 8.80. The average Bonchev–Trinajstić information content (AvgIpc) is 2.17. The average molecular weight is 217 g/mol. The third-order valence-electron chi connectivity index (χ3n) is 2.75. The molecule has 0 aromatic carbocycles. The SMILES string of the molecule is O=C(O)CC1CCCN(CC(O)CO)C1. The number of rotatable bonds is 5. The van der Waals surface area contributed by atoms with Crippen molar-refractivity contribution >= 4 is 5.97 Å². The maximum absolute atomic E-state index is 10.5. The summed E-state index contributed by atoms with van der Waals surface area (Å²) in [5, 5.41) is 26.6. The van der Waals surface area contributed by atoms with Crippen LogP contribution in [0, 0.1) is 5.92 Å². The van der Waals surface area contributed by atoms with Crippen molar-refractivity contribution in [3.63, 3.8) is 0 Å². The predicted molar refractivity (Wildman–Crippen MR) is 54.5 cm³/mol. The van der Waals surface area contributed by atoms with Crippen LogP contribution in [0.25, 0.3) is 0 Å². The van der Waals surface area contributed by atoms with Crippen LogP contribution in [0.15, 0.2) is 0 Å². The van der Waals surface area contributed by atoms with Gasteiger partial charge in [0.2, 0.25) is 0 Å². The second kappa shape index (κ2) is 6.05. The van der Waals surface area contributed by atoms with Crippen molar-refractivity contribution in [1.29, 1.82) is 0 Å². The van der Waals surface area contributed by atoms with E-state index in [0.29, 0.717) is 13.1 Å². The smallest absolute Gasteiger partial charge is 0.303 e. The summed E-state index contributed by atoms with van der Waals surface area (Å²) in [5.41, 5.74) is 0. The Morgan fingerprint density at radius 2 is 2.27 bits per heavy atom. The van der Waals surface area contributed by atoms with Crippen molar-refractivity contribution in [2.75, 3.05) is 26.2 Å². The Kier molecular flexibility index (Phi) is 5.01. The predicted octanol–water partition coefficient (Wildman–Crippen LogP) is -0.474. The number of nitrogens with zero attached hydrogens (tertiary/aromatic N) is 1. The van der Waals surface area contributed by atoms with E-state index in [1.807, 2.05) is 4.90 Å². The number of hydrogen-bond donors (Lipinski definition) is 3. The van der Waals surface area contributed by atoms with Gasteiger partial charge < -0.3 is 20.2 Å². The number of hydrogen-bond acceptors (Lipinski definition) is 4. The highest BCUT2D eigenvalue weighted by Gasteiger charge is 2.23. The van der Waals surface area contributed by atoms with Crippen molar-refractivity contribution in [3.05, 3.63) is 0 Å². The molecule has 88 valence electrons. The van der Waals surface area contributed by atoms with Gasteiger partial charge in [0.15, 0.2) is 0 Å². The first kappa shape index (κ1) is 12.4. The van der Waals surface area contributed by atoms with Crippen LogP contribution in [0.5, 0.6) is 0 Å². The van der Waals surface area contributed by atoms with Gasteiger partial charge in [-0.05, 0) is 25.3 Å². The van der Waals surface area contributed by atoms with Gasteiger partial charge in [-0.15, -0.1) is 0 Å². The summed E-state index contributed by atoms with van der Waals surface area (Å²) in [6, 6.07) is 0. The fourth-order valence-electron chi connectivity index (χ4n) is 2.09. The molecular formula is C10H19NO4. The van der Waals surface area contributed by atoms with Crippen LogP contribution in [0.3, 0.4) is 0 Å². The molecule has 1 saturated heterocycles. The molecule has 1 rings (SSSR count). The van der Waals surface area contributed by atoms with E-state index < -0.39 is 12.1 Å². The van der Waals surface area contributed by atoms with Gasteiger partial charge in [-0.1, -0.05) is 0 Å². The van der Waals surface area contributed by atoms with Gasteiger partial charge in [-0.3, -0.25) is 4.79 Å². The van der Waals surface area contributed by atoms with Gasteiger partial charge in [0.25, 0.3) is 0 Å². The van der Waals surface area contributed by atoms with Gasteiger partial charge >= 0.3 is 5.97 Å². The van der Waals surface area contributed by atoms with Gasteiger partial charge in [0.05, 0.1) is 12.7 Å². The molecule has 1 aliphatic rings. The Morgan fingerprint density at radius 1 is 1.53 bits per heavy atom. The maximum Gasteiger partial charge on any atom is 0.303 e. The number of carbonyl (C=O) groups is 1. The van der Waals surface area contributed by atoms with Crippen LogP contribution >= 0.6 is 0 Å². The Hall–Kier alpha value is -0.650. The maximum atomic E-state index is 10.5. The Labute approximate surface area is 89.3 Å². The van der Waals surface area contributed by atoms with Crippen molar-refractivity contribution in [3.8, 4) is 0 Å². The van der Waals surface area contributed by atoms with Crippen molar-refractivity contribution in [2.24, 2.45) is 5.92 Å². The second-order valence-electron chi connectivity index (χ2n) is 4.20. The lowest BCUT2D eigenvalue weighted by atomic mass is 9.95. The molecule has 0 saturated carbocycles. The van der Waals surface area contributed by atoms with E-state index in [2.05, 4.69) is 0 Å². The molecular weight excluding hydrogens is 198 g/mol. The lowest BCUT2D eigenvalue weighted by molar-refractivity contribution is -0.138. The fraction of sp³-hybridized carbons (Fsp3) is 0.900. The Bertz CT molecular complexity index is 210. The molecule has 0 aromatic heterocycles. The Morgan fingerprint density at radius 3 is 2.87 bits per heavy atom. The van der Waals surface area contributed by atoms with Crippen LogP contribution in [-0.2, 0) is 4.79 Å². The zero-order valence-corrected chi connectivity index (χ0v) is 8.80. The molecule has 3 N–H and O–H groups in total. The number of aliphatic carboxylic acids is 1. The summed E-state index contributed by atoms with van der Waals surface area (Å²) >= 11 is 0. The van der Waals surface area contributed by atoms with Gasteiger partial charge in [0, 0.05) is 19.5 Å². The minimum atomic E-state index is -0.760. The first-order chi connectivity index (χ1) is 7.11. The van der Waals surface area contributed by atoms with E-state index in [1.54, 1.807) is 0 Å². The number of carboxylic acid groups (broad SMARTS) is 1. The molecule has 1 heterocycles. The number of aliphatic hydroxyl groups is 2. The van der Waals surface area contributed by atoms with E-state index in [4.69, 9.17) is 10.2 Å². The summed E-state index contributed by atoms with van der Waals surface area (Å²) in [7, 11) is 0. The first-order valence-corrected chi connectivity index (χ1v) is 5.35. The third kappa shape index (κ3) is 4.59. The van der Waals surface area contributed by atoms with Crippen LogP contribution in [0.1, 0.15) is 19.3 Å². The normalized spacial score (nSPS) is 25.1. The Balaban J connectivity index is 2.31. The number of piperidine rings is 1. The summed E-state index contributed by atoms with van der Waals surface area (Å²) in [5.74, 6) is -0.577. The number of β-amino-alcohol motifs (C(OH)–C–C–N with tert-alkyl or cyclic N) is 1. The molecule has 0 amide bonds. The second-order valence-corrected chi connectivity index (χ2v) is 4.20. The van der Waals surface area contributed by atoms with Crippen molar-refractivity contribution < 1.29 is 20.1 Å². The lowest BCUT2D eigenvalue weighted by Gasteiger charge is -2.32. The van der Waals surface area contributed by atoms with E-state index in [9.17, 15) is 9.90 Å². The molecule has 15 heavy (non-hydrogen) atoms. The molecule has 1 fully saturated rings. The topological polar surface area (TPSA) is 81.0 Å². The van der Waals surface area contributed by atoms with E-state index in [0.717, 1.165) is 19.4 Å². The molecule has 2 unspecified atom stereocenters. The van der Waals surface area contributed by atoms with Gasteiger partial charge in [-0.25, -0.2) is 0 Å². The number of aliphatic hydroxyl groups excluding tert-OH is 2. The molecule has 2 atom stereocenters. The number of likely N-dealkylation sites (tertiary alicyclic amines) is 1. The van der Waals surface area contributed by atoms with E-state index in [-0.39, 0.29) is 18.9 Å². The molecule has 0 spiro atoms. The third-order valence-corrected chi connectivity index (χ3v) is 2.75. The van der Waals surface area contributed by atoms with Crippen LogP contribution in [-0.4, -0.2) is 58.5 Å². The first-order valence-electron chi connectivity index (χ1n) is 5.35. The lowest BCUT2D eigenvalue weighted by Crippen LogP contribution is -2.41. The van der Waals surface area contributed by atoms with Crippen molar-refractivity contribution in [2.45, 2.75) is 25.4 Å². The quantitative estimate of drug-likeness (QED) is 0.580. The largest absolute Gasteiger partial charge is 0.481 e. The highest BCUT2D eigenvalue weighted by atomic mass is 16.4. The molecule has 5 heteroatoms. The minimum absolute atomic E-state index is 0.183. The van der Waals surface area contributed by atoms with Gasteiger partial charge in [-0.2, -0.15) is 0 Å². The zero-order chi connectivity index (χ0) is 11.3. The summed E-state index contributed by atoms with van der Waals surface area (Å²) in [4.78, 5) is 12.6. The standard InChI is InChI=1S/C10H19NO4/c12-7-9(13)6-11-3-1-2-8(5-11)4-10(14)15/h8-9,12-13H,1-7H2,(H,14,15). The summed E-state index contributed by atoms with van der Waals surface area (Å²) in [6.07, 6.45) is 1.40. The molecule has 1 aliphatic heterocycles. The van der Waals surface area contributed by atoms with Gasteiger partial charge in [0.1, 0.15) is 0 Å². The van der Waals surface area contributed by atoms with Crippen LogP contribution < -0.4 is 0 Å². The van der Waals surface area contributed by atoms with E-state index in [1.165, 1.54) is 0 Å². The van der Waals surface area contributed by atoms with Crippen LogP contribution in [0.2, 0.25) is 0 Å². The van der Waals surface area contributed by atoms with Crippen LogP contribution in [0.4, 0.5) is 0 Å². The minimum Gasteiger partial charge on any atom is -0.481 e. The molecule has 0 radical (unpaired) electrons. The summed E-state index contributed by atoms with van der Waals surface area (Å²) in [6.45, 7) is 1.79. The highest BCUT2D eigenvalue weighted by Crippen LogP contribution is 2.19. The highest BCUT2D eigenvalue weighted by molar-refractivity contribution is 5.67. The molecule has 0 aromatic rings.